The molecule has 0 spiro atoms. The zero-order valence-corrected chi connectivity index (χ0v) is 10.3. The standard InChI is InChI=1S/C13H18ClNO/c1-13(7-4-8-13)15-9-12(16)10-5-2-3-6-11(10)14/h2-3,5-6,12,15-16H,4,7-9H2,1H3. The average Bonchev–Trinajstić information content (AvgIpc) is 2.24. The van der Waals surface area contributed by atoms with Gasteiger partial charge in [-0.2, -0.15) is 0 Å². The highest BCUT2D eigenvalue weighted by Gasteiger charge is 2.31. The van der Waals surface area contributed by atoms with E-state index in [-0.39, 0.29) is 5.54 Å². The lowest BCUT2D eigenvalue weighted by Gasteiger charge is -2.40. The van der Waals surface area contributed by atoms with Crippen LogP contribution in [0.5, 0.6) is 0 Å². The molecule has 2 rings (SSSR count). The summed E-state index contributed by atoms with van der Waals surface area (Å²) in [7, 11) is 0. The molecule has 1 unspecified atom stereocenters. The Balaban J connectivity index is 1.93. The molecule has 2 nitrogen and oxygen atoms in total. The van der Waals surface area contributed by atoms with Crippen molar-refractivity contribution in [1.29, 1.82) is 0 Å². The van der Waals surface area contributed by atoms with Gasteiger partial charge in [-0.25, -0.2) is 0 Å². The Morgan fingerprint density at radius 3 is 2.69 bits per heavy atom. The van der Waals surface area contributed by atoms with Gasteiger partial charge in [0.05, 0.1) is 6.10 Å². The molecule has 1 atom stereocenters. The molecule has 0 bridgehead atoms. The Morgan fingerprint density at radius 2 is 2.12 bits per heavy atom. The molecule has 3 heteroatoms. The molecule has 0 heterocycles. The summed E-state index contributed by atoms with van der Waals surface area (Å²) in [4.78, 5) is 0. The predicted octanol–water partition coefficient (Wildman–Crippen LogP) is 2.91. The molecular formula is C13H18ClNO. The van der Waals surface area contributed by atoms with Gasteiger partial charge < -0.3 is 10.4 Å². The number of rotatable bonds is 4. The number of β-amino-alcohol motifs (C(OH)–C–C–N with tert-alkyl or cyclic N) is 1. The summed E-state index contributed by atoms with van der Waals surface area (Å²) in [6.07, 6.45) is 3.15. The Hall–Kier alpha value is -0.570. The van der Waals surface area contributed by atoms with E-state index in [9.17, 15) is 5.11 Å². The molecule has 0 radical (unpaired) electrons. The topological polar surface area (TPSA) is 32.3 Å². The summed E-state index contributed by atoms with van der Waals surface area (Å²) in [5.74, 6) is 0. The van der Waals surface area contributed by atoms with Crippen molar-refractivity contribution in [3.05, 3.63) is 34.9 Å². The molecule has 1 aromatic rings. The van der Waals surface area contributed by atoms with Crippen LogP contribution in [0.2, 0.25) is 5.02 Å². The molecule has 1 aliphatic carbocycles. The SMILES string of the molecule is CC1(NCC(O)c2ccccc2Cl)CCC1. The summed E-state index contributed by atoms with van der Waals surface area (Å²) >= 11 is 6.03. The van der Waals surface area contributed by atoms with Gasteiger partial charge in [0.2, 0.25) is 0 Å². The number of halogens is 1. The second-order valence-electron chi connectivity index (χ2n) is 4.83. The van der Waals surface area contributed by atoms with Crippen LogP contribution in [0.25, 0.3) is 0 Å². The molecule has 0 aromatic heterocycles. The van der Waals surface area contributed by atoms with Crippen LogP contribution >= 0.6 is 11.6 Å². The van der Waals surface area contributed by atoms with Crippen LogP contribution in [0.1, 0.15) is 37.9 Å². The van der Waals surface area contributed by atoms with E-state index in [4.69, 9.17) is 11.6 Å². The summed E-state index contributed by atoms with van der Waals surface area (Å²) < 4.78 is 0. The number of nitrogens with one attached hydrogen (secondary N) is 1. The first-order valence-electron chi connectivity index (χ1n) is 5.78. The third-order valence-corrected chi connectivity index (χ3v) is 3.79. The van der Waals surface area contributed by atoms with Crippen molar-refractivity contribution in [3.8, 4) is 0 Å². The lowest BCUT2D eigenvalue weighted by Crippen LogP contribution is -2.49. The average molecular weight is 240 g/mol. The van der Waals surface area contributed by atoms with Crippen LogP contribution in [0, 0.1) is 0 Å². The van der Waals surface area contributed by atoms with E-state index in [2.05, 4.69) is 12.2 Å². The maximum Gasteiger partial charge on any atom is 0.0928 e. The Bertz CT molecular complexity index is 363. The highest BCUT2D eigenvalue weighted by Crippen LogP contribution is 2.31. The van der Waals surface area contributed by atoms with Crippen LogP contribution in [-0.2, 0) is 0 Å². The van der Waals surface area contributed by atoms with Gasteiger partial charge in [0, 0.05) is 22.7 Å². The van der Waals surface area contributed by atoms with Gasteiger partial charge in [-0.15, -0.1) is 0 Å². The van der Waals surface area contributed by atoms with Gasteiger partial charge in [-0.3, -0.25) is 0 Å². The normalized spacial score (nSPS) is 20.2. The molecule has 0 saturated heterocycles. The fourth-order valence-electron chi connectivity index (χ4n) is 2.08. The van der Waals surface area contributed by atoms with Crippen LogP contribution in [0.4, 0.5) is 0 Å². The number of hydrogen-bond acceptors (Lipinski definition) is 2. The lowest BCUT2D eigenvalue weighted by atomic mass is 9.78. The Labute approximate surface area is 102 Å². The van der Waals surface area contributed by atoms with Crippen molar-refractivity contribution < 1.29 is 5.11 Å². The van der Waals surface area contributed by atoms with E-state index in [1.54, 1.807) is 0 Å². The van der Waals surface area contributed by atoms with E-state index in [1.165, 1.54) is 19.3 Å². The monoisotopic (exact) mass is 239 g/mol. The highest BCUT2D eigenvalue weighted by atomic mass is 35.5. The number of hydrogen-bond donors (Lipinski definition) is 2. The lowest BCUT2D eigenvalue weighted by molar-refractivity contribution is 0.132. The minimum Gasteiger partial charge on any atom is -0.387 e. The van der Waals surface area contributed by atoms with Crippen molar-refractivity contribution >= 4 is 11.6 Å². The zero-order chi connectivity index (χ0) is 11.6. The fourth-order valence-corrected chi connectivity index (χ4v) is 2.34. The van der Waals surface area contributed by atoms with E-state index in [1.807, 2.05) is 24.3 Å². The second kappa shape index (κ2) is 4.74. The van der Waals surface area contributed by atoms with Gasteiger partial charge in [0.15, 0.2) is 0 Å². The van der Waals surface area contributed by atoms with Crippen LogP contribution in [0.15, 0.2) is 24.3 Å². The summed E-state index contributed by atoms with van der Waals surface area (Å²) in [5.41, 5.74) is 1.03. The quantitative estimate of drug-likeness (QED) is 0.847. The molecular weight excluding hydrogens is 222 g/mol. The van der Waals surface area contributed by atoms with Crippen LogP contribution in [-0.4, -0.2) is 17.2 Å². The van der Waals surface area contributed by atoms with E-state index in [0.717, 1.165) is 5.56 Å². The molecule has 16 heavy (non-hydrogen) atoms. The summed E-state index contributed by atoms with van der Waals surface area (Å²) in [6.45, 7) is 2.77. The predicted molar refractivity (Wildman–Crippen MR) is 66.7 cm³/mol. The third kappa shape index (κ3) is 2.57. The first-order chi connectivity index (χ1) is 7.61. The fraction of sp³-hybridized carbons (Fsp3) is 0.538. The first-order valence-corrected chi connectivity index (χ1v) is 6.16. The second-order valence-corrected chi connectivity index (χ2v) is 5.24. The van der Waals surface area contributed by atoms with Crippen LogP contribution < -0.4 is 5.32 Å². The van der Waals surface area contributed by atoms with Crippen LogP contribution in [0.3, 0.4) is 0 Å². The molecule has 1 aromatic carbocycles. The molecule has 0 amide bonds. The van der Waals surface area contributed by atoms with Crippen molar-refractivity contribution in [2.45, 2.75) is 37.8 Å². The minimum atomic E-state index is -0.522. The van der Waals surface area contributed by atoms with E-state index >= 15 is 0 Å². The van der Waals surface area contributed by atoms with Crippen molar-refractivity contribution in [1.82, 2.24) is 5.32 Å². The van der Waals surface area contributed by atoms with Gasteiger partial charge >= 0.3 is 0 Å². The minimum absolute atomic E-state index is 0.224. The number of benzene rings is 1. The Morgan fingerprint density at radius 1 is 1.44 bits per heavy atom. The third-order valence-electron chi connectivity index (χ3n) is 3.44. The van der Waals surface area contributed by atoms with E-state index < -0.39 is 6.10 Å². The molecule has 1 fully saturated rings. The van der Waals surface area contributed by atoms with Crippen molar-refractivity contribution in [2.75, 3.05) is 6.54 Å². The number of aliphatic hydroxyl groups excluding tert-OH is 1. The molecule has 1 saturated carbocycles. The maximum absolute atomic E-state index is 10.0. The van der Waals surface area contributed by atoms with Gasteiger partial charge in [0.25, 0.3) is 0 Å². The van der Waals surface area contributed by atoms with Gasteiger partial charge in [-0.05, 0) is 32.3 Å². The molecule has 0 aliphatic heterocycles. The van der Waals surface area contributed by atoms with Crippen molar-refractivity contribution in [3.63, 3.8) is 0 Å². The summed E-state index contributed by atoms with van der Waals surface area (Å²) in [5, 5.41) is 14.1. The van der Waals surface area contributed by atoms with Crippen molar-refractivity contribution in [2.24, 2.45) is 0 Å². The zero-order valence-electron chi connectivity index (χ0n) is 9.54. The molecule has 1 aliphatic rings. The van der Waals surface area contributed by atoms with Gasteiger partial charge in [0.1, 0.15) is 0 Å². The number of aliphatic hydroxyl groups is 1. The highest BCUT2D eigenvalue weighted by molar-refractivity contribution is 6.31. The first kappa shape index (κ1) is 11.9. The molecule has 88 valence electrons. The molecule has 2 N–H and O–H groups in total. The van der Waals surface area contributed by atoms with Gasteiger partial charge in [-0.1, -0.05) is 29.8 Å². The summed E-state index contributed by atoms with van der Waals surface area (Å²) in [6, 6.07) is 7.46. The van der Waals surface area contributed by atoms with E-state index in [0.29, 0.717) is 11.6 Å². The maximum atomic E-state index is 10.0. The Kier molecular flexibility index (Phi) is 3.53. The largest absolute Gasteiger partial charge is 0.387 e. The smallest absolute Gasteiger partial charge is 0.0928 e.